The van der Waals surface area contributed by atoms with E-state index >= 15 is 0 Å². The van der Waals surface area contributed by atoms with Gasteiger partial charge in [-0.25, -0.2) is 4.68 Å². The molecule has 0 fully saturated rings. The van der Waals surface area contributed by atoms with Crippen molar-refractivity contribution in [2.75, 3.05) is 0 Å². The smallest absolute Gasteiger partial charge is 0.106 e. The van der Waals surface area contributed by atoms with Crippen molar-refractivity contribution in [3.8, 4) is 5.69 Å². The van der Waals surface area contributed by atoms with Gasteiger partial charge in [-0.3, -0.25) is 4.98 Å². The van der Waals surface area contributed by atoms with E-state index in [-0.39, 0.29) is 0 Å². The minimum atomic E-state index is 0.364. The molecule has 0 saturated carbocycles. The van der Waals surface area contributed by atoms with Crippen LogP contribution in [0.4, 0.5) is 0 Å². The predicted octanol–water partition coefficient (Wildman–Crippen LogP) is 2.03. The Balaban J connectivity index is 2.61. The first-order chi connectivity index (χ1) is 8.67. The van der Waals surface area contributed by atoms with Gasteiger partial charge in [0.2, 0.25) is 0 Å². The maximum Gasteiger partial charge on any atom is 0.106 e. The summed E-state index contributed by atoms with van der Waals surface area (Å²) in [6.07, 6.45) is 5.25. The highest BCUT2D eigenvalue weighted by atomic mass is 32.1. The third kappa shape index (κ3) is 2.26. The number of pyridine rings is 1. The molecule has 0 spiro atoms. The average molecular weight is 260 g/mol. The number of hydrogen-bond donors (Lipinski definition) is 1. The third-order valence-electron chi connectivity index (χ3n) is 2.85. The van der Waals surface area contributed by atoms with E-state index in [1.165, 1.54) is 0 Å². The van der Waals surface area contributed by atoms with Crippen molar-refractivity contribution in [3.05, 3.63) is 41.5 Å². The summed E-state index contributed by atoms with van der Waals surface area (Å²) >= 11 is 5.07. The molecule has 0 aliphatic rings. The van der Waals surface area contributed by atoms with E-state index in [0.717, 1.165) is 35.5 Å². The van der Waals surface area contributed by atoms with Gasteiger partial charge in [0.15, 0.2) is 0 Å². The molecule has 0 aliphatic carbocycles. The first kappa shape index (κ1) is 12.7. The van der Waals surface area contributed by atoms with Gasteiger partial charge < -0.3 is 5.73 Å². The Bertz CT molecular complexity index is 574. The van der Waals surface area contributed by atoms with Crippen LogP contribution in [0.2, 0.25) is 0 Å². The molecule has 0 saturated heterocycles. The molecule has 4 nitrogen and oxygen atoms in total. The molecule has 2 N–H and O–H groups in total. The SMILES string of the molecule is CCc1cc(CC)n(-c2cnccc2C(N)=S)n1. The zero-order valence-electron chi connectivity index (χ0n) is 10.6. The second-order valence-corrected chi connectivity index (χ2v) is 4.44. The summed E-state index contributed by atoms with van der Waals surface area (Å²) in [4.78, 5) is 4.50. The van der Waals surface area contributed by atoms with Gasteiger partial charge in [0.25, 0.3) is 0 Å². The molecule has 0 unspecified atom stereocenters. The summed E-state index contributed by atoms with van der Waals surface area (Å²) in [5.41, 5.74) is 9.60. The summed E-state index contributed by atoms with van der Waals surface area (Å²) < 4.78 is 1.89. The lowest BCUT2D eigenvalue weighted by Crippen LogP contribution is -2.15. The Morgan fingerprint density at radius 2 is 2.17 bits per heavy atom. The van der Waals surface area contributed by atoms with Crippen LogP contribution in [0.1, 0.15) is 30.8 Å². The Kier molecular flexibility index (Phi) is 3.72. The standard InChI is InChI=1S/C13H16N4S/c1-3-9-7-10(4-2)17(16-9)12-8-15-6-5-11(12)13(14)18/h5-8H,3-4H2,1-2H3,(H2,14,18). The minimum Gasteiger partial charge on any atom is -0.389 e. The summed E-state index contributed by atoms with van der Waals surface area (Å²) in [7, 11) is 0. The molecule has 2 rings (SSSR count). The van der Waals surface area contributed by atoms with Crippen LogP contribution in [-0.2, 0) is 12.8 Å². The number of hydrogen-bond acceptors (Lipinski definition) is 3. The highest BCUT2D eigenvalue weighted by molar-refractivity contribution is 7.80. The summed E-state index contributed by atoms with van der Waals surface area (Å²) in [5, 5.41) is 4.57. The molecule has 18 heavy (non-hydrogen) atoms. The zero-order valence-corrected chi connectivity index (χ0v) is 11.4. The van der Waals surface area contributed by atoms with Crippen molar-refractivity contribution >= 4 is 17.2 Å². The van der Waals surface area contributed by atoms with Gasteiger partial charge in [-0.15, -0.1) is 0 Å². The van der Waals surface area contributed by atoms with Crippen LogP contribution in [0.5, 0.6) is 0 Å². The van der Waals surface area contributed by atoms with Crippen molar-refractivity contribution < 1.29 is 0 Å². The van der Waals surface area contributed by atoms with E-state index in [4.69, 9.17) is 18.0 Å². The van der Waals surface area contributed by atoms with Gasteiger partial charge in [-0.2, -0.15) is 5.10 Å². The first-order valence-electron chi connectivity index (χ1n) is 5.99. The summed E-state index contributed by atoms with van der Waals surface area (Å²) in [6.45, 7) is 4.19. The van der Waals surface area contributed by atoms with Crippen LogP contribution in [0.15, 0.2) is 24.5 Å². The Morgan fingerprint density at radius 3 is 2.78 bits per heavy atom. The number of nitrogens with zero attached hydrogens (tertiary/aromatic N) is 3. The van der Waals surface area contributed by atoms with E-state index in [9.17, 15) is 0 Å². The summed E-state index contributed by atoms with van der Waals surface area (Å²) in [6, 6.07) is 3.93. The quantitative estimate of drug-likeness (QED) is 0.855. The highest BCUT2D eigenvalue weighted by Gasteiger charge is 2.12. The molecule has 0 amide bonds. The molecular weight excluding hydrogens is 244 g/mol. The molecule has 2 aromatic heterocycles. The van der Waals surface area contributed by atoms with Gasteiger partial charge in [-0.05, 0) is 25.0 Å². The van der Waals surface area contributed by atoms with Crippen molar-refractivity contribution in [3.63, 3.8) is 0 Å². The van der Waals surface area contributed by atoms with Gasteiger partial charge in [0, 0.05) is 17.5 Å². The van der Waals surface area contributed by atoms with E-state index in [2.05, 4.69) is 30.0 Å². The average Bonchev–Trinajstić information content (AvgIpc) is 2.81. The fourth-order valence-electron chi connectivity index (χ4n) is 1.87. The maximum absolute atomic E-state index is 5.75. The monoisotopic (exact) mass is 260 g/mol. The zero-order chi connectivity index (χ0) is 13.1. The summed E-state index contributed by atoms with van der Waals surface area (Å²) in [5.74, 6) is 0. The molecule has 2 aromatic rings. The number of aryl methyl sites for hydroxylation is 2. The van der Waals surface area contributed by atoms with Gasteiger partial charge in [0.1, 0.15) is 4.99 Å². The highest BCUT2D eigenvalue weighted by Crippen LogP contribution is 2.17. The predicted molar refractivity (Wildman–Crippen MR) is 76.0 cm³/mol. The number of aromatic nitrogens is 3. The molecule has 0 atom stereocenters. The maximum atomic E-state index is 5.75. The molecule has 94 valence electrons. The molecule has 0 bridgehead atoms. The molecule has 5 heteroatoms. The van der Waals surface area contributed by atoms with Crippen molar-refractivity contribution in [2.45, 2.75) is 26.7 Å². The molecule has 2 heterocycles. The fraction of sp³-hybridized carbons (Fsp3) is 0.308. The number of nitrogens with two attached hydrogens (primary N) is 1. The van der Waals surface area contributed by atoms with Crippen LogP contribution < -0.4 is 5.73 Å². The van der Waals surface area contributed by atoms with Crippen LogP contribution >= 0.6 is 12.2 Å². The number of rotatable bonds is 4. The van der Waals surface area contributed by atoms with Crippen LogP contribution in [0, 0.1) is 0 Å². The second kappa shape index (κ2) is 5.27. The van der Waals surface area contributed by atoms with E-state index in [0.29, 0.717) is 4.99 Å². The fourth-order valence-corrected chi connectivity index (χ4v) is 2.04. The van der Waals surface area contributed by atoms with Crippen molar-refractivity contribution in [1.82, 2.24) is 14.8 Å². The molecular formula is C13H16N4S. The molecule has 0 radical (unpaired) electrons. The van der Waals surface area contributed by atoms with Crippen LogP contribution in [-0.4, -0.2) is 19.8 Å². The van der Waals surface area contributed by atoms with Gasteiger partial charge >= 0.3 is 0 Å². The van der Waals surface area contributed by atoms with Gasteiger partial charge in [0.05, 0.1) is 17.6 Å². The lowest BCUT2D eigenvalue weighted by molar-refractivity contribution is 0.789. The van der Waals surface area contributed by atoms with Crippen LogP contribution in [0.25, 0.3) is 5.69 Å². The van der Waals surface area contributed by atoms with Crippen molar-refractivity contribution in [2.24, 2.45) is 5.73 Å². The molecule has 0 aromatic carbocycles. The topological polar surface area (TPSA) is 56.7 Å². The Labute approximate surface area is 112 Å². The minimum absolute atomic E-state index is 0.364. The largest absolute Gasteiger partial charge is 0.389 e. The first-order valence-corrected chi connectivity index (χ1v) is 6.40. The molecule has 0 aliphatic heterocycles. The van der Waals surface area contributed by atoms with E-state index < -0.39 is 0 Å². The van der Waals surface area contributed by atoms with Crippen molar-refractivity contribution in [1.29, 1.82) is 0 Å². The van der Waals surface area contributed by atoms with Gasteiger partial charge in [-0.1, -0.05) is 26.1 Å². The number of thiocarbonyl (C=S) groups is 1. The Hall–Kier alpha value is -1.75. The second-order valence-electron chi connectivity index (χ2n) is 4.00. The lowest BCUT2D eigenvalue weighted by atomic mass is 10.2. The Morgan fingerprint density at radius 1 is 1.39 bits per heavy atom. The van der Waals surface area contributed by atoms with E-state index in [1.807, 2.05) is 10.7 Å². The normalized spacial score (nSPS) is 10.6. The lowest BCUT2D eigenvalue weighted by Gasteiger charge is -2.10. The van der Waals surface area contributed by atoms with E-state index in [1.54, 1.807) is 12.4 Å². The third-order valence-corrected chi connectivity index (χ3v) is 3.07. The van der Waals surface area contributed by atoms with Crippen LogP contribution in [0.3, 0.4) is 0 Å².